The van der Waals surface area contributed by atoms with E-state index in [9.17, 15) is 18.8 Å². The summed E-state index contributed by atoms with van der Waals surface area (Å²) in [5.41, 5.74) is 6.92. The number of nitrogens with one attached hydrogen (secondary N) is 2. The van der Waals surface area contributed by atoms with E-state index in [1.54, 1.807) is 0 Å². The molecule has 0 unspecified atom stereocenters. The Bertz CT molecular complexity index is 858. The van der Waals surface area contributed by atoms with Crippen LogP contribution in [0.5, 0.6) is 0 Å². The Kier molecular flexibility index (Phi) is 7.69. The third kappa shape index (κ3) is 6.77. The maximum Gasteiger partial charge on any atom is 0.243 e. The van der Waals surface area contributed by atoms with Gasteiger partial charge in [-0.15, -0.1) is 0 Å². The fraction of sp³-hybridized carbons (Fsp3) is 0.250. The lowest BCUT2D eigenvalue weighted by molar-refractivity contribution is -0.130. The zero-order valence-corrected chi connectivity index (χ0v) is 16.8. The largest absolute Gasteiger partial charge is 0.368 e. The van der Waals surface area contributed by atoms with E-state index in [2.05, 4.69) is 26.6 Å². The van der Waals surface area contributed by atoms with Crippen LogP contribution in [0.2, 0.25) is 0 Å². The number of carbonyl (C=O) groups is 3. The summed E-state index contributed by atoms with van der Waals surface area (Å²) >= 11 is 3.35. The average Bonchev–Trinajstić information content (AvgIpc) is 2.62. The van der Waals surface area contributed by atoms with Crippen LogP contribution in [0.15, 0.2) is 53.0 Å². The minimum Gasteiger partial charge on any atom is -0.368 e. The van der Waals surface area contributed by atoms with Gasteiger partial charge in [0.1, 0.15) is 17.9 Å². The number of benzene rings is 2. The summed E-state index contributed by atoms with van der Waals surface area (Å²) in [7, 11) is 0. The van der Waals surface area contributed by atoms with Crippen LogP contribution < -0.4 is 16.4 Å². The molecule has 8 heteroatoms. The van der Waals surface area contributed by atoms with Crippen molar-refractivity contribution < 1.29 is 18.8 Å². The van der Waals surface area contributed by atoms with Gasteiger partial charge in [0.2, 0.25) is 17.7 Å². The highest BCUT2D eigenvalue weighted by Crippen LogP contribution is 2.13. The molecule has 148 valence electrons. The van der Waals surface area contributed by atoms with Crippen molar-refractivity contribution in [2.45, 2.75) is 31.8 Å². The Hall–Kier alpha value is -2.74. The third-order valence-electron chi connectivity index (χ3n) is 4.04. The van der Waals surface area contributed by atoms with Gasteiger partial charge in [0.15, 0.2) is 0 Å². The predicted octanol–water partition coefficient (Wildman–Crippen LogP) is 1.85. The summed E-state index contributed by atoms with van der Waals surface area (Å²) in [6.45, 7) is 1.29. The first-order valence-electron chi connectivity index (χ1n) is 8.60. The quantitative estimate of drug-likeness (QED) is 0.572. The highest BCUT2D eigenvalue weighted by molar-refractivity contribution is 9.10. The highest BCUT2D eigenvalue weighted by atomic mass is 79.9. The second kappa shape index (κ2) is 9.98. The number of halogens is 2. The van der Waals surface area contributed by atoms with Crippen molar-refractivity contribution in [3.63, 3.8) is 0 Å². The molecular formula is C20H21BrFN3O3. The lowest BCUT2D eigenvalue weighted by Crippen LogP contribution is -2.54. The Morgan fingerprint density at radius 1 is 1.00 bits per heavy atom. The van der Waals surface area contributed by atoms with E-state index in [4.69, 9.17) is 5.73 Å². The van der Waals surface area contributed by atoms with Gasteiger partial charge in [0.25, 0.3) is 0 Å². The van der Waals surface area contributed by atoms with Crippen LogP contribution in [0, 0.1) is 5.82 Å². The van der Waals surface area contributed by atoms with Crippen molar-refractivity contribution >= 4 is 33.7 Å². The number of rotatable bonds is 8. The number of nitrogens with two attached hydrogens (primary N) is 1. The van der Waals surface area contributed by atoms with Crippen molar-refractivity contribution in [1.29, 1.82) is 0 Å². The first-order chi connectivity index (χ1) is 13.2. The van der Waals surface area contributed by atoms with Crippen LogP contribution in [0.1, 0.15) is 18.1 Å². The van der Waals surface area contributed by atoms with E-state index in [1.807, 2.05) is 24.3 Å². The number of primary amides is 1. The van der Waals surface area contributed by atoms with Crippen LogP contribution in [0.4, 0.5) is 4.39 Å². The summed E-state index contributed by atoms with van der Waals surface area (Å²) in [6, 6.07) is 11.1. The van der Waals surface area contributed by atoms with E-state index in [1.165, 1.54) is 31.2 Å². The first-order valence-corrected chi connectivity index (χ1v) is 9.39. The number of hydrogen-bond donors (Lipinski definition) is 3. The molecule has 6 nitrogen and oxygen atoms in total. The van der Waals surface area contributed by atoms with Gasteiger partial charge >= 0.3 is 0 Å². The molecule has 0 saturated heterocycles. The lowest BCUT2D eigenvalue weighted by Gasteiger charge is -2.22. The van der Waals surface area contributed by atoms with Gasteiger partial charge in [-0.2, -0.15) is 0 Å². The fourth-order valence-corrected chi connectivity index (χ4v) is 3.15. The minimum absolute atomic E-state index is 0.147. The predicted molar refractivity (Wildman–Crippen MR) is 107 cm³/mol. The van der Waals surface area contributed by atoms with Crippen LogP contribution >= 0.6 is 15.9 Å². The molecular weight excluding hydrogens is 429 g/mol. The van der Waals surface area contributed by atoms with E-state index >= 15 is 0 Å². The Morgan fingerprint density at radius 2 is 1.64 bits per heavy atom. The summed E-state index contributed by atoms with van der Waals surface area (Å²) in [4.78, 5) is 36.0. The monoisotopic (exact) mass is 449 g/mol. The molecule has 0 aliphatic heterocycles. The van der Waals surface area contributed by atoms with Gasteiger partial charge < -0.3 is 16.4 Å². The average molecular weight is 450 g/mol. The van der Waals surface area contributed by atoms with Crippen LogP contribution in [0.25, 0.3) is 0 Å². The number of amides is 3. The van der Waals surface area contributed by atoms with Gasteiger partial charge in [-0.05, 0) is 35.4 Å². The molecule has 2 aromatic rings. The minimum atomic E-state index is -0.939. The molecule has 0 spiro atoms. The molecule has 0 fully saturated rings. The van der Waals surface area contributed by atoms with E-state index in [0.717, 1.165) is 10.0 Å². The molecule has 2 atom stereocenters. The molecule has 0 aliphatic carbocycles. The number of carbonyl (C=O) groups excluding carboxylic acids is 3. The zero-order chi connectivity index (χ0) is 20.7. The topological polar surface area (TPSA) is 101 Å². The van der Waals surface area contributed by atoms with Crippen molar-refractivity contribution in [2.24, 2.45) is 5.73 Å². The molecule has 2 aromatic carbocycles. The van der Waals surface area contributed by atoms with Crippen molar-refractivity contribution in [1.82, 2.24) is 10.6 Å². The van der Waals surface area contributed by atoms with Gasteiger partial charge in [0, 0.05) is 24.2 Å². The second-order valence-electron chi connectivity index (χ2n) is 6.38. The lowest BCUT2D eigenvalue weighted by atomic mass is 10.0. The van der Waals surface area contributed by atoms with Crippen LogP contribution in [-0.4, -0.2) is 29.8 Å². The molecule has 0 aliphatic rings. The summed E-state index contributed by atoms with van der Waals surface area (Å²) in [6.07, 6.45) is 0.359. The van der Waals surface area contributed by atoms with Crippen LogP contribution in [-0.2, 0) is 27.2 Å². The maximum absolute atomic E-state index is 13.1. The molecule has 2 rings (SSSR count). The molecule has 3 amide bonds. The molecule has 28 heavy (non-hydrogen) atoms. The van der Waals surface area contributed by atoms with Crippen molar-refractivity contribution in [3.05, 3.63) is 69.9 Å². The van der Waals surface area contributed by atoms with Crippen molar-refractivity contribution in [2.75, 3.05) is 0 Å². The van der Waals surface area contributed by atoms with E-state index in [0.29, 0.717) is 5.56 Å². The fourth-order valence-electron chi connectivity index (χ4n) is 2.71. The van der Waals surface area contributed by atoms with Crippen molar-refractivity contribution in [3.8, 4) is 0 Å². The molecule has 0 radical (unpaired) electrons. The third-order valence-corrected chi connectivity index (χ3v) is 4.53. The Morgan fingerprint density at radius 3 is 2.21 bits per heavy atom. The molecule has 0 aromatic heterocycles. The SMILES string of the molecule is CC(=O)N[C@H](Cc1ccc(F)cc1)C(=O)N[C@H](Cc1cccc(Br)c1)C(N)=O. The summed E-state index contributed by atoms with van der Waals surface area (Å²) in [5.74, 6) is -2.02. The van der Waals surface area contributed by atoms with Gasteiger partial charge in [-0.1, -0.05) is 40.2 Å². The van der Waals surface area contributed by atoms with E-state index in [-0.39, 0.29) is 12.8 Å². The van der Waals surface area contributed by atoms with Gasteiger partial charge in [-0.25, -0.2) is 4.39 Å². The Balaban J connectivity index is 2.12. The van der Waals surface area contributed by atoms with Gasteiger partial charge in [-0.3, -0.25) is 14.4 Å². The highest BCUT2D eigenvalue weighted by Gasteiger charge is 2.25. The molecule has 4 N–H and O–H groups in total. The summed E-state index contributed by atoms with van der Waals surface area (Å²) in [5, 5.41) is 5.16. The normalized spacial score (nSPS) is 12.7. The summed E-state index contributed by atoms with van der Waals surface area (Å²) < 4.78 is 13.9. The number of hydrogen-bond acceptors (Lipinski definition) is 3. The van der Waals surface area contributed by atoms with Crippen LogP contribution in [0.3, 0.4) is 0 Å². The van der Waals surface area contributed by atoms with E-state index < -0.39 is 35.6 Å². The first kappa shape index (κ1) is 21.6. The second-order valence-corrected chi connectivity index (χ2v) is 7.30. The maximum atomic E-state index is 13.1. The standard InChI is InChI=1S/C20H21BrFN3O3/c1-12(26)24-18(10-13-5-7-16(22)8-6-13)20(28)25-17(19(23)27)11-14-3-2-4-15(21)9-14/h2-9,17-18H,10-11H2,1H3,(H2,23,27)(H,24,26)(H,25,28)/t17-,18-/m1/s1. The molecule has 0 saturated carbocycles. The Labute approximate surface area is 170 Å². The molecule has 0 bridgehead atoms. The smallest absolute Gasteiger partial charge is 0.243 e. The molecule has 0 heterocycles. The van der Waals surface area contributed by atoms with Gasteiger partial charge in [0.05, 0.1) is 0 Å². The zero-order valence-electron chi connectivity index (χ0n) is 15.2.